The first kappa shape index (κ1) is 14.5. The summed E-state index contributed by atoms with van der Waals surface area (Å²) in [6, 6.07) is 5.94. The molecule has 0 fully saturated rings. The lowest BCUT2D eigenvalue weighted by atomic mass is 10.1. The van der Waals surface area contributed by atoms with Crippen molar-refractivity contribution in [3.63, 3.8) is 0 Å². The lowest BCUT2D eigenvalue weighted by molar-refractivity contribution is 0.0779. The zero-order chi connectivity index (χ0) is 15.6. The van der Waals surface area contributed by atoms with E-state index in [0.29, 0.717) is 11.3 Å². The Morgan fingerprint density at radius 1 is 1.57 bits per heavy atom. The van der Waals surface area contributed by atoms with Crippen LogP contribution >= 0.6 is 0 Å². The summed E-state index contributed by atoms with van der Waals surface area (Å²) in [7, 11) is 1.52. The van der Waals surface area contributed by atoms with Crippen molar-refractivity contribution < 1.29 is 9.18 Å². The number of carbonyl (C=O) groups excluding carboxylic acids is 1. The zero-order valence-corrected chi connectivity index (χ0v) is 11.6. The van der Waals surface area contributed by atoms with Crippen molar-refractivity contribution in [3.05, 3.63) is 46.5 Å². The summed E-state index contributed by atoms with van der Waals surface area (Å²) in [5.74, 6) is -0.890. The lowest BCUT2D eigenvalue weighted by Gasteiger charge is -2.17. The standard InChI is InChI=1S/C14H14FN5O/c1-8-12(17)13(19-18-8)14(21)20(2)7-10-5-9(6-16)3-4-11(10)15/h3-5H,7,17H2,1-2H3,(H,18,19). The smallest absolute Gasteiger partial charge is 0.276 e. The number of nitrogens with zero attached hydrogens (tertiary/aromatic N) is 3. The molecule has 2 aromatic rings. The summed E-state index contributed by atoms with van der Waals surface area (Å²) in [4.78, 5) is 13.5. The number of hydrogen-bond donors (Lipinski definition) is 2. The molecule has 0 saturated carbocycles. The molecule has 2 rings (SSSR count). The normalized spacial score (nSPS) is 10.2. The first-order valence-corrected chi connectivity index (χ1v) is 6.18. The molecule has 21 heavy (non-hydrogen) atoms. The minimum Gasteiger partial charge on any atom is -0.395 e. The van der Waals surface area contributed by atoms with Crippen molar-refractivity contribution in [2.24, 2.45) is 0 Å². The lowest BCUT2D eigenvalue weighted by Crippen LogP contribution is -2.27. The summed E-state index contributed by atoms with van der Waals surface area (Å²) < 4.78 is 13.7. The Balaban J connectivity index is 2.22. The van der Waals surface area contributed by atoms with E-state index in [-0.39, 0.29) is 23.5 Å². The van der Waals surface area contributed by atoms with E-state index in [2.05, 4.69) is 10.2 Å². The van der Waals surface area contributed by atoms with Gasteiger partial charge in [0.2, 0.25) is 0 Å². The van der Waals surface area contributed by atoms with Crippen LogP contribution in [0.25, 0.3) is 0 Å². The van der Waals surface area contributed by atoms with Crippen molar-refractivity contribution >= 4 is 11.6 Å². The second kappa shape index (κ2) is 5.63. The fourth-order valence-corrected chi connectivity index (χ4v) is 1.87. The SMILES string of the molecule is Cc1[nH]nc(C(=O)N(C)Cc2cc(C#N)ccc2F)c1N. The fourth-order valence-electron chi connectivity index (χ4n) is 1.87. The highest BCUT2D eigenvalue weighted by molar-refractivity contribution is 5.97. The summed E-state index contributed by atoms with van der Waals surface area (Å²) in [6.45, 7) is 1.72. The molecule has 0 aliphatic rings. The van der Waals surface area contributed by atoms with E-state index >= 15 is 0 Å². The monoisotopic (exact) mass is 287 g/mol. The van der Waals surface area contributed by atoms with Gasteiger partial charge in [-0.2, -0.15) is 10.4 Å². The van der Waals surface area contributed by atoms with Gasteiger partial charge >= 0.3 is 0 Å². The van der Waals surface area contributed by atoms with Crippen molar-refractivity contribution in [2.75, 3.05) is 12.8 Å². The molecule has 1 aromatic carbocycles. The van der Waals surface area contributed by atoms with E-state index in [1.165, 1.54) is 30.1 Å². The molecule has 1 heterocycles. The number of halogens is 1. The van der Waals surface area contributed by atoms with E-state index in [1.807, 2.05) is 6.07 Å². The number of nitrogens with two attached hydrogens (primary N) is 1. The molecule has 7 heteroatoms. The Hall–Kier alpha value is -2.88. The van der Waals surface area contributed by atoms with Gasteiger partial charge in [0.05, 0.1) is 23.0 Å². The maximum absolute atomic E-state index is 13.7. The second-order valence-electron chi connectivity index (χ2n) is 4.69. The van der Waals surface area contributed by atoms with Crippen LogP contribution in [0.4, 0.5) is 10.1 Å². The first-order valence-electron chi connectivity index (χ1n) is 6.18. The predicted molar refractivity (Wildman–Crippen MR) is 74.6 cm³/mol. The molecule has 0 atom stereocenters. The third-order valence-corrected chi connectivity index (χ3v) is 3.13. The molecule has 1 aromatic heterocycles. The van der Waals surface area contributed by atoms with Crippen molar-refractivity contribution in [2.45, 2.75) is 13.5 Å². The van der Waals surface area contributed by atoms with E-state index in [4.69, 9.17) is 11.0 Å². The van der Waals surface area contributed by atoms with E-state index in [1.54, 1.807) is 6.92 Å². The highest BCUT2D eigenvalue weighted by Gasteiger charge is 2.20. The van der Waals surface area contributed by atoms with E-state index in [0.717, 1.165) is 0 Å². The number of amides is 1. The molecule has 0 radical (unpaired) electrons. The zero-order valence-electron chi connectivity index (χ0n) is 11.6. The summed E-state index contributed by atoms with van der Waals surface area (Å²) in [5.41, 5.74) is 7.33. The number of nitriles is 1. The number of nitrogens with one attached hydrogen (secondary N) is 1. The van der Waals surface area contributed by atoms with Gasteiger partial charge in [0.15, 0.2) is 5.69 Å². The van der Waals surface area contributed by atoms with Crippen LogP contribution < -0.4 is 5.73 Å². The number of hydrogen-bond acceptors (Lipinski definition) is 4. The van der Waals surface area contributed by atoms with Gasteiger partial charge in [0.1, 0.15) is 5.82 Å². The molecule has 0 aliphatic carbocycles. The van der Waals surface area contributed by atoms with Crippen LogP contribution in [-0.4, -0.2) is 28.1 Å². The minimum atomic E-state index is -0.472. The topological polar surface area (TPSA) is 98.8 Å². The molecule has 3 N–H and O–H groups in total. The van der Waals surface area contributed by atoms with E-state index in [9.17, 15) is 9.18 Å². The third-order valence-electron chi connectivity index (χ3n) is 3.13. The van der Waals surface area contributed by atoms with Gasteiger partial charge in [-0.1, -0.05) is 0 Å². The largest absolute Gasteiger partial charge is 0.395 e. The van der Waals surface area contributed by atoms with Crippen molar-refractivity contribution in [1.82, 2.24) is 15.1 Å². The van der Waals surface area contributed by atoms with Crippen LogP contribution in [0.3, 0.4) is 0 Å². The molecular weight excluding hydrogens is 273 g/mol. The van der Waals surface area contributed by atoms with Gasteiger partial charge in [-0.3, -0.25) is 9.89 Å². The molecule has 1 amide bonds. The molecule has 0 unspecified atom stereocenters. The quantitative estimate of drug-likeness (QED) is 0.895. The number of aryl methyl sites for hydroxylation is 1. The molecule has 0 saturated heterocycles. The number of carbonyl (C=O) groups is 1. The Morgan fingerprint density at radius 2 is 2.29 bits per heavy atom. The van der Waals surface area contributed by atoms with Gasteiger partial charge in [-0.25, -0.2) is 4.39 Å². The van der Waals surface area contributed by atoms with Crippen LogP contribution in [-0.2, 0) is 6.54 Å². The molecule has 0 bridgehead atoms. The molecule has 0 spiro atoms. The Labute approximate surface area is 121 Å². The van der Waals surface area contributed by atoms with Gasteiger partial charge in [0.25, 0.3) is 5.91 Å². The van der Waals surface area contributed by atoms with Crippen molar-refractivity contribution in [3.8, 4) is 6.07 Å². The molecular formula is C14H14FN5O. The maximum Gasteiger partial charge on any atom is 0.276 e. The average Bonchev–Trinajstić information content (AvgIpc) is 2.80. The fraction of sp³-hybridized carbons (Fsp3) is 0.214. The summed E-state index contributed by atoms with van der Waals surface area (Å²) in [5, 5.41) is 15.3. The molecule has 6 nitrogen and oxygen atoms in total. The van der Waals surface area contributed by atoms with Gasteiger partial charge in [0, 0.05) is 19.2 Å². The van der Waals surface area contributed by atoms with Gasteiger partial charge < -0.3 is 10.6 Å². The average molecular weight is 287 g/mol. The second-order valence-corrected chi connectivity index (χ2v) is 4.69. The highest BCUT2D eigenvalue weighted by Crippen LogP contribution is 2.17. The highest BCUT2D eigenvalue weighted by atomic mass is 19.1. The Kier molecular flexibility index (Phi) is 3.89. The van der Waals surface area contributed by atoms with Crippen molar-refractivity contribution in [1.29, 1.82) is 5.26 Å². The predicted octanol–water partition coefficient (Wildman–Crippen LogP) is 1.58. The number of aromatic amines is 1. The van der Waals surface area contributed by atoms with Crippen LogP contribution in [0.5, 0.6) is 0 Å². The van der Waals surface area contributed by atoms with Gasteiger partial charge in [-0.15, -0.1) is 0 Å². The Morgan fingerprint density at radius 3 is 2.86 bits per heavy atom. The van der Waals surface area contributed by atoms with E-state index < -0.39 is 11.7 Å². The third kappa shape index (κ3) is 2.84. The minimum absolute atomic E-state index is 0.0194. The van der Waals surface area contributed by atoms with Gasteiger partial charge in [-0.05, 0) is 25.1 Å². The number of benzene rings is 1. The number of aromatic nitrogens is 2. The number of nitrogen functional groups attached to an aromatic ring is 1. The number of H-pyrrole nitrogens is 1. The summed E-state index contributed by atoms with van der Waals surface area (Å²) in [6.07, 6.45) is 0. The van der Waals surface area contributed by atoms with Crippen LogP contribution in [0.15, 0.2) is 18.2 Å². The molecule has 0 aliphatic heterocycles. The number of rotatable bonds is 3. The van der Waals surface area contributed by atoms with Crippen LogP contribution in [0.1, 0.15) is 27.3 Å². The van der Waals surface area contributed by atoms with Crippen LogP contribution in [0, 0.1) is 24.1 Å². The number of anilines is 1. The van der Waals surface area contributed by atoms with Crippen LogP contribution in [0.2, 0.25) is 0 Å². The Bertz CT molecular complexity index is 731. The summed E-state index contributed by atoms with van der Waals surface area (Å²) >= 11 is 0. The maximum atomic E-state index is 13.7. The first-order chi connectivity index (χ1) is 9.93. The molecule has 108 valence electrons.